The highest BCUT2D eigenvalue weighted by atomic mass is 16.7. The Balaban J connectivity index is 1.55. The predicted octanol–water partition coefficient (Wildman–Crippen LogP) is 1.98. The maximum Gasteiger partial charge on any atom is 0.250 e. The highest BCUT2D eigenvalue weighted by molar-refractivity contribution is 5.80. The molecule has 1 saturated carbocycles. The van der Waals surface area contributed by atoms with E-state index < -0.39 is 0 Å². The Morgan fingerprint density at radius 2 is 2.27 bits per heavy atom. The molecule has 1 aromatic heterocycles. The molecular formula is C17H23N3O2. The van der Waals surface area contributed by atoms with E-state index in [-0.39, 0.29) is 23.3 Å². The Hall–Kier alpha value is -1.46. The maximum atomic E-state index is 13.1. The molecule has 5 heteroatoms. The standard InChI is InChI=1S/C17H23N3O2/c1-12-2-3-13(10-19-12)15-5-9-22-20(15)16(21)14-4-8-18-11-17(14)6-7-17/h2-3,10,14-15,18H,4-9,11H2,1H3. The summed E-state index contributed by atoms with van der Waals surface area (Å²) in [5.41, 5.74) is 2.28. The number of carbonyl (C=O) groups excluding carboxylic acids is 1. The van der Waals surface area contributed by atoms with Crippen molar-refractivity contribution in [3.8, 4) is 0 Å². The summed E-state index contributed by atoms with van der Waals surface area (Å²) in [6, 6.07) is 4.09. The smallest absolute Gasteiger partial charge is 0.250 e. The Morgan fingerprint density at radius 3 is 3.00 bits per heavy atom. The van der Waals surface area contributed by atoms with Crippen LogP contribution in [0.4, 0.5) is 0 Å². The first-order chi connectivity index (χ1) is 10.7. The summed E-state index contributed by atoms with van der Waals surface area (Å²) in [5, 5.41) is 5.10. The number of hydroxylamine groups is 2. The fourth-order valence-electron chi connectivity index (χ4n) is 3.90. The molecule has 0 bridgehead atoms. The second-order valence-corrected chi connectivity index (χ2v) is 6.92. The van der Waals surface area contributed by atoms with E-state index in [1.54, 1.807) is 5.06 Å². The van der Waals surface area contributed by atoms with E-state index >= 15 is 0 Å². The molecule has 0 radical (unpaired) electrons. The van der Waals surface area contributed by atoms with Crippen LogP contribution in [0.2, 0.25) is 0 Å². The molecule has 2 saturated heterocycles. The summed E-state index contributed by atoms with van der Waals surface area (Å²) < 4.78 is 0. The van der Waals surface area contributed by atoms with Gasteiger partial charge in [0.05, 0.1) is 12.6 Å². The Kier molecular flexibility index (Phi) is 3.42. The summed E-state index contributed by atoms with van der Waals surface area (Å²) in [6.07, 6.45) is 6.00. The van der Waals surface area contributed by atoms with Gasteiger partial charge in [0.1, 0.15) is 0 Å². The minimum Gasteiger partial charge on any atom is -0.316 e. The van der Waals surface area contributed by atoms with Crippen molar-refractivity contribution >= 4 is 5.91 Å². The van der Waals surface area contributed by atoms with Crippen LogP contribution in [0.5, 0.6) is 0 Å². The minimum absolute atomic E-state index is 0.0197. The van der Waals surface area contributed by atoms with Gasteiger partial charge in [0.15, 0.2) is 0 Å². The van der Waals surface area contributed by atoms with E-state index in [1.807, 2.05) is 19.2 Å². The zero-order chi connectivity index (χ0) is 15.2. The van der Waals surface area contributed by atoms with Crippen LogP contribution in [0.15, 0.2) is 18.3 Å². The summed E-state index contributed by atoms with van der Waals surface area (Å²) in [5.74, 6) is 0.301. The molecule has 0 aromatic carbocycles. The fraction of sp³-hybridized carbons (Fsp3) is 0.647. The van der Waals surface area contributed by atoms with Crippen molar-refractivity contribution in [2.75, 3.05) is 19.7 Å². The fourth-order valence-corrected chi connectivity index (χ4v) is 3.90. The summed E-state index contributed by atoms with van der Waals surface area (Å²) in [4.78, 5) is 23.1. The Bertz CT molecular complexity index is 568. The number of nitrogens with zero attached hydrogens (tertiary/aromatic N) is 2. The van der Waals surface area contributed by atoms with Crippen molar-refractivity contribution < 1.29 is 9.63 Å². The third-order valence-corrected chi connectivity index (χ3v) is 5.46. The van der Waals surface area contributed by atoms with Crippen LogP contribution in [-0.4, -0.2) is 35.7 Å². The van der Waals surface area contributed by atoms with Crippen LogP contribution in [0, 0.1) is 18.3 Å². The van der Waals surface area contributed by atoms with Gasteiger partial charge in [-0.15, -0.1) is 0 Å². The zero-order valence-electron chi connectivity index (χ0n) is 13.0. The zero-order valence-corrected chi connectivity index (χ0v) is 13.0. The molecule has 3 heterocycles. The average Bonchev–Trinajstić information content (AvgIpc) is 3.12. The molecule has 3 aliphatic rings. The lowest BCUT2D eigenvalue weighted by Crippen LogP contribution is -2.46. The number of carbonyl (C=O) groups is 1. The number of aromatic nitrogens is 1. The van der Waals surface area contributed by atoms with Gasteiger partial charge in [-0.05, 0) is 49.8 Å². The number of amides is 1. The van der Waals surface area contributed by atoms with Gasteiger partial charge in [-0.2, -0.15) is 0 Å². The molecule has 2 aliphatic heterocycles. The van der Waals surface area contributed by atoms with Gasteiger partial charge in [0.2, 0.25) is 5.91 Å². The molecule has 22 heavy (non-hydrogen) atoms. The van der Waals surface area contributed by atoms with Gasteiger partial charge >= 0.3 is 0 Å². The summed E-state index contributed by atoms with van der Waals surface area (Å²) >= 11 is 0. The first-order valence-electron chi connectivity index (χ1n) is 8.29. The maximum absolute atomic E-state index is 13.1. The highest BCUT2D eigenvalue weighted by Gasteiger charge is 2.55. The molecule has 3 fully saturated rings. The van der Waals surface area contributed by atoms with Crippen molar-refractivity contribution in [3.05, 3.63) is 29.6 Å². The molecule has 118 valence electrons. The number of rotatable bonds is 2. The molecule has 2 atom stereocenters. The number of hydrogen-bond donors (Lipinski definition) is 1. The normalized spacial score (nSPS) is 29.8. The van der Waals surface area contributed by atoms with Crippen LogP contribution in [0.25, 0.3) is 0 Å². The number of nitrogens with one attached hydrogen (secondary N) is 1. The quantitative estimate of drug-likeness (QED) is 0.907. The Labute approximate surface area is 131 Å². The van der Waals surface area contributed by atoms with Crippen molar-refractivity contribution in [2.45, 2.75) is 38.6 Å². The number of pyridine rings is 1. The number of piperidine rings is 1. The molecule has 1 N–H and O–H groups in total. The van der Waals surface area contributed by atoms with Crippen LogP contribution in [0.3, 0.4) is 0 Å². The van der Waals surface area contributed by atoms with Crippen molar-refractivity contribution in [1.29, 1.82) is 0 Å². The van der Waals surface area contributed by atoms with Gasteiger partial charge in [-0.3, -0.25) is 14.6 Å². The van der Waals surface area contributed by atoms with Gasteiger partial charge in [-0.25, -0.2) is 5.06 Å². The third-order valence-electron chi connectivity index (χ3n) is 5.46. The number of hydrogen-bond acceptors (Lipinski definition) is 4. The lowest BCUT2D eigenvalue weighted by atomic mass is 9.82. The Morgan fingerprint density at radius 1 is 1.41 bits per heavy atom. The van der Waals surface area contributed by atoms with Gasteiger partial charge in [-0.1, -0.05) is 6.07 Å². The molecule has 1 aliphatic carbocycles. The van der Waals surface area contributed by atoms with E-state index in [2.05, 4.69) is 16.4 Å². The van der Waals surface area contributed by atoms with E-state index in [1.165, 1.54) is 12.8 Å². The third kappa shape index (κ3) is 2.32. The first-order valence-corrected chi connectivity index (χ1v) is 8.29. The average molecular weight is 301 g/mol. The summed E-state index contributed by atoms with van der Waals surface area (Å²) in [6.45, 7) is 4.50. The lowest BCUT2D eigenvalue weighted by molar-refractivity contribution is -0.185. The second-order valence-electron chi connectivity index (χ2n) is 6.92. The largest absolute Gasteiger partial charge is 0.316 e. The van der Waals surface area contributed by atoms with Gasteiger partial charge in [0.25, 0.3) is 0 Å². The molecule has 1 spiro atoms. The van der Waals surface area contributed by atoms with Crippen LogP contribution in [-0.2, 0) is 9.63 Å². The summed E-state index contributed by atoms with van der Waals surface area (Å²) in [7, 11) is 0. The van der Waals surface area contributed by atoms with Crippen molar-refractivity contribution in [1.82, 2.24) is 15.4 Å². The van der Waals surface area contributed by atoms with Gasteiger partial charge < -0.3 is 5.32 Å². The SMILES string of the molecule is Cc1ccc(C2CCON2C(=O)C2CCNCC23CC3)cn1. The molecular weight excluding hydrogens is 278 g/mol. The molecule has 4 rings (SSSR count). The lowest BCUT2D eigenvalue weighted by Gasteiger charge is -2.35. The molecule has 1 amide bonds. The van der Waals surface area contributed by atoms with E-state index in [4.69, 9.17) is 4.84 Å². The minimum atomic E-state index is 0.0197. The second kappa shape index (κ2) is 5.32. The predicted molar refractivity (Wildman–Crippen MR) is 81.8 cm³/mol. The van der Waals surface area contributed by atoms with Crippen molar-refractivity contribution in [2.24, 2.45) is 11.3 Å². The highest BCUT2D eigenvalue weighted by Crippen LogP contribution is 2.55. The molecule has 1 aromatic rings. The molecule has 5 nitrogen and oxygen atoms in total. The topological polar surface area (TPSA) is 54.5 Å². The van der Waals surface area contributed by atoms with E-state index in [9.17, 15) is 4.79 Å². The molecule has 2 unspecified atom stereocenters. The number of aryl methyl sites for hydroxylation is 1. The van der Waals surface area contributed by atoms with Crippen LogP contribution >= 0.6 is 0 Å². The first kappa shape index (κ1) is 14.2. The van der Waals surface area contributed by atoms with E-state index in [0.717, 1.165) is 37.2 Å². The van der Waals surface area contributed by atoms with Crippen LogP contribution < -0.4 is 5.32 Å². The van der Waals surface area contributed by atoms with E-state index in [0.29, 0.717) is 6.61 Å². The van der Waals surface area contributed by atoms with Crippen LogP contribution in [0.1, 0.15) is 43.0 Å². The van der Waals surface area contributed by atoms with Crippen molar-refractivity contribution in [3.63, 3.8) is 0 Å². The van der Waals surface area contributed by atoms with Gasteiger partial charge in [0, 0.05) is 30.8 Å². The monoisotopic (exact) mass is 301 g/mol.